The summed E-state index contributed by atoms with van der Waals surface area (Å²) in [5.41, 5.74) is 2.05. The molecule has 0 saturated carbocycles. The first-order valence-electron chi connectivity index (χ1n) is 7.63. The molecular formula is C18H24N2OSi. The maximum Gasteiger partial charge on any atom is 0.184 e. The van der Waals surface area contributed by atoms with Crippen molar-refractivity contribution >= 4 is 14.5 Å². The van der Waals surface area contributed by atoms with Gasteiger partial charge in [-0.05, 0) is 44.3 Å². The van der Waals surface area contributed by atoms with Crippen LogP contribution >= 0.6 is 0 Å². The summed E-state index contributed by atoms with van der Waals surface area (Å²) in [7, 11) is -1.66. The molecule has 0 aliphatic carbocycles. The number of rotatable bonds is 6. The minimum Gasteiger partial charge on any atom is -0.409 e. The maximum atomic E-state index is 6.38. The first kappa shape index (κ1) is 16.6. The van der Waals surface area contributed by atoms with Crippen LogP contribution in [0.3, 0.4) is 0 Å². The van der Waals surface area contributed by atoms with Crippen LogP contribution in [0.5, 0.6) is 0 Å². The zero-order chi connectivity index (χ0) is 16.0. The Bertz CT molecular complexity index is 593. The van der Waals surface area contributed by atoms with Gasteiger partial charge >= 0.3 is 0 Å². The predicted molar refractivity (Wildman–Crippen MR) is 94.9 cm³/mol. The van der Waals surface area contributed by atoms with Crippen molar-refractivity contribution in [1.29, 1.82) is 0 Å². The molecule has 2 aromatic rings. The number of hydrogen-bond donors (Lipinski definition) is 0. The number of pyridine rings is 1. The highest BCUT2D eigenvalue weighted by atomic mass is 28.4. The van der Waals surface area contributed by atoms with Crippen LogP contribution in [-0.4, -0.2) is 25.6 Å². The van der Waals surface area contributed by atoms with Crippen LogP contribution in [0.15, 0.2) is 59.7 Å². The monoisotopic (exact) mass is 312 g/mol. The van der Waals surface area contributed by atoms with Gasteiger partial charge in [-0.2, -0.15) is 0 Å². The second-order valence-corrected chi connectivity index (χ2v) is 10.8. The Labute approximate surface area is 134 Å². The summed E-state index contributed by atoms with van der Waals surface area (Å²) in [5, 5.41) is 0. The second kappa shape index (κ2) is 7.47. The van der Waals surface area contributed by atoms with E-state index in [0.29, 0.717) is 0 Å². The molecule has 0 unspecified atom stereocenters. The molecule has 0 fully saturated rings. The molecule has 4 heteroatoms. The lowest BCUT2D eigenvalue weighted by atomic mass is 10.0. The molecule has 0 spiro atoms. The molecule has 1 aromatic heterocycles. The van der Waals surface area contributed by atoms with Crippen LogP contribution in [-0.2, 0) is 4.43 Å². The fourth-order valence-corrected chi connectivity index (χ4v) is 3.29. The molecule has 0 N–H and O–H groups in total. The molecule has 0 amide bonds. The van der Waals surface area contributed by atoms with Gasteiger partial charge in [0.2, 0.25) is 0 Å². The fraction of sp³-hybridized carbons (Fsp3) is 0.333. The van der Waals surface area contributed by atoms with Gasteiger partial charge in [0, 0.05) is 12.4 Å². The van der Waals surface area contributed by atoms with Gasteiger partial charge in [-0.1, -0.05) is 36.4 Å². The van der Waals surface area contributed by atoms with E-state index in [1.54, 1.807) is 6.20 Å². The zero-order valence-corrected chi connectivity index (χ0v) is 14.7. The quantitative estimate of drug-likeness (QED) is 0.582. The lowest BCUT2D eigenvalue weighted by Crippen LogP contribution is -2.32. The Morgan fingerprint density at radius 2 is 1.73 bits per heavy atom. The van der Waals surface area contributed by atoms with Gasteiger partial charge < -0.3 is 4.43 Å². The first-order chi connectivity index (χ1) is 10.5. The van der Waals surface area contributed by atoms with E-state index < -0.39 is 8.32 Å². The molecule has 2 atom stereocenters. The van der Waals surface area contributed by atoms with Crippen molar-refractivity contribution < 1.29 is 4.43 Å². The molecule has 0 aliphatic rings. The third kappa shape index (κ3) is 5.20. The lowest BCUT2D eigenvalue weighted by Gasteiger charge is -2.29. The van der Waals surface area contributed by atoms with E-state index in [0.717, 1.165) is 5.69 Å². The summed E-state index contributed by atoms with van der Waals surface area (Å²) in [6, 6.07) is 16.2. The molecule has 0 radical (unpaired) electrons. The Kier molecular flexibility index (Phi) is 5.63. The molecule has 22 heavy (non-hydrogen) atoms. The third-order valence-corrected chi connectivity index (χ3v) is 4.14. The normalized spacial score (nSPS) is 14.9. The third-order valence-electron chi connectivity index (χ3n) is 3.18. The Morgan fingerprint density at radius 3 is 2.32 bits per heavy atom. The Balaban J connectivity index is 2.19. The van der Waals surface area contributed by atoms with Crippen LogP contribution in [0.25, 0.3) is 0 Å². The van der Waals surface area contributed by atoms with Gasteiger partial charge in [-0.15, -0.1) is 0 Å². The van der Waals surface area contributed by atoms with Gasteiger partial charge in [0.25, 0.3) is 0 Å². The molecule has 0 bridgehead atoms. The highest BCUT2D eigenvalue weighted by Gasteiger charge is 2.26. The summed E-state index contributed by atoms with van der Waals surface area (Å²) >= 11 is 0. The number of hydrogen-bond acceptors (Lipinski definition) is 3. The van der Waals surface area contributed by atoms with E-state index in [2.05, 4.69) is 48.7 Å². The van der Waals surface area contributed by atoms with E-state index in [9.17, 15) is 0 Å². The maximum absolute atomic E-state index is 6.38. The number of nitrogens with zero attached hydrogens (tertiary/aromatic N) is 2. The van der Waals surface area contributed by atoms with Gasteiger partial charge in [-0.25, -0.2) is 0 Å². The van der Waals surface area contributed by atoms with Gasteiger partial charge in [0.15, 0.2) is 8.32 Å². The van der Waals surface area contributed by atoms with E-state index in [1.807, 2.05) is 42.6 Å². The van der Waals surface area contributed by atoms with Gasteiger partial charge in [-0.3, -0.25) is 9.98 Å². The molecular weight excluding hydrogens is 288 g/mol. The molecule has 0 aliphatic heterocycles. The molecule has 3 nitrogen and oxygen atoms in total. The molecule has 1 aromatic carbocycles. The van der Waals surface area contributed by atoms with Crippen LogP contribution in [0.1, 0.15) is 24.3 Å². The van der Waals surface area contributed by atoms with Crippen molar-refractivity contribution in [3.8, 4) is 0 Å². The van der Waals surface area contributed by atoms with Crippen molar-refractivity contribution in [2.24, 2.45) is 4.99 Å². The predicted octanol–water partition coefficient (Wildman–Crippen LogP) is 4.48. The summed E-state index contributed by atoms with van der Waals surface area (Å²) in [6.45, 7) is 8.71. The van der Waals surface area contributed by atoms with Crippen LogP contribution in [0.2, 0.25) is 19.6 Å². The highest BCUT2D eigenvalue weighted by Crippen LogP contribution is 2.27. The van der Waals surface area contributed by atoms with Gasteiger partial charge in [0.1, 0.15) is 0 Å². The van der Waals surface area contributed by atoms with E-state index in [1.165, 1.54) is 5.56 Å². The molecule has 0 saturated heterocycles. The second-order valence-electron chi connectivity index (χ2n) is 6.33. The largest absolute Gasteiger partial charge is 0.409 e. The minimum atomic E-state index is -1.66. The van der Waals surface area contributed by atoms with E-state index >= 15 is 0 Å². The molecule has 116 valence electrons. The van der Waals surface area contributed by atoms with E-state index in [4.69, 9.17) is 4.43 Å². The molecule has 2 rings (SSSR count). The fourth-order valence-electron chi connectivity index (χ4n) is 2.19. The van der Waals surface area contributed by atoms with Crippen molar-refractivity contribution in [3.63, 3.8) is 0 Å². The van der Waals surface area contributed by atoms with Crippen LogP contribution in [0, 0.1) is 0 Å². The lowest BCUT2D eigenvalue weighted by molar-refractivity contribution is 0.174. The standard InChI is InChI=1S/C18H24N2OSi/c1-15(20-14-17-12-8-9-13-19-17)18(21-22(2,3)4)16-10-6-5-7-11-16/h5-15,18H,1-4H3/t15-,18-/m1/s1. The smallest absolute Gasteiger partial charge is 0.184 e. The topological polar surface area (TPSA) is 34.5 Å². The average Bonchev–Trinajstić information content (AvgIpc) is 2.51. The van der Waals surface area contributed by atoms with Crippen molar-refractivity contribution in [1.82, 2.24) is 4.98 Å². The van der Waals surface area contributed by atoms with Crippen molar-refractivity contribution in [3.05, 3.63) is 66.0 Å². The number of aliphatic imine (C=N–C) groups is 1. The minimum absolute atomic E-state index is 0.0205. The zero-order valence-electron chi connectivity index (χ0n) is 13.7. The summed E-state index contributed by atoms with van der Waals surface area (Å²) in [6.07, 6.45) is 3.58. The van der Waals surface area contributed by atoms with Crippen molar-refractivity contribution in [2.75, 3.05) is 0 Å². The first-order valence-corrected chi connectivity index (χ1v) is 11.0. The summed E-state index contributed by atoms with van der Waals surface area (Å²) in [5.74, 6) is 0. The van der Waals surface area contributed by atoms with Crippen LogP contribution < -0.4 is 0 Å². The molecule has 1 heterocycles. The Morgan fingerprint density at radius 1 is 1.05 bits per heavy atom. The Hall–Kier alpha value is -1.78. The number of benzene rings is 1. The average molecular weight is 312 g/mol. The number of aromatic nitrogens is 1. The summed E-state index contributed by atoms with van der Waals surface area (Å²) in [4.78, 5) is 8.94. The summed E-state index contributed by atoms with van der Waals surface area (Å²) < 4.78 is 6.38. The van der Waals surface area contributed by atoms with E-state index in [-0.39, 0.29) is 12.1 Å². The van der Waals surface area contributed by atoms with Gasteiger partial charge in [0.05, 0.1) is 17.8 Å². The van der Waals surface area contributed by atoms with Crippen LogP contribution in [0.4, 0.5) is 0 Å². The highest BCUT2D eigenvalue weighted by molar-refractivity contribution is 6.69. The van der Waals surface area contributed by atoms with Crippen molar-refractivity contribution in [2.45, 2.75) is 38.7 Å². The SMILES string of the molecule is C[C@@H](N=Cc1ccccn1)[C@@H](O[Si](C)(C)C)c1ccccc1.